The largest absolute Gasteiger partial charge is 0.495 e. The fourth-order valence-electron chi connectivity index (χ4n) is 3.61. The van der Waals surface area contributed by atoms with E-state index < -0.39 is 15.9 Å². The van der Waals surface area contributed by atoms with E-state index >= 15 is 0 Å². The van der Waals surface area contributed by atoms with Gasteiger partial charge in [-0.2, -0.15) is 4.99 Å². The van der Waals surface area contributed by atoms with E-state index in [1.54, 1.807) is 18.2 Å². The molecule has 0 N–H and O–H groups in total. The lowest BCUT2D eigenvalue weighted by atomic mass is 10.2. The van der Waals surface area contributed by atoms with Crippen LogP contribution in [0.3, 0.4) is 0 Å². The van der Waals surface area contributed by atoms with Crippen molar-refractivity contribution in [3.05, 3.63) is 23.2 Å². The number of nitrogens with zero attached hydrogens (tertiary/aromatic N) is 2. The second-order valence-electron chi connectivity index (χ2n) is 6.72. The van der Waals surface area contributed by atoms with Crippen LogP contribution in [0.15, 0.2) is 23.2 Å². The van der Waals surface area contributed by atoms with Gasteiger partial charge in [-0.05, 0) is 31.0 Å². The molecule has 0 aliphatic carbocycles. The summed E-state index contributed by atoms with van der Waals surface area (Å²) in [7, 11) is -1.59. The van der Waals surface area contributed by atoms with Crippen molar-refractivity contribution in [1.29, 1.82) is 0 Å². The molecule has 146 valence electrons. The van der Waals surface area contributed by atoms with Crippen LogP contribution in [0.1, 0.15) is 12.8 Å². The van der Waals surface area contributed by atoms with Crippen LogP contribution < -0.4 is 9.64 Å². The molecule has 10 heteroatoms. The lowest BCUT2D eigenvalue weighted by molar-refractivity contribution is -0.126. The average molecular weight is 431 g/mol. The molecule has 0 radical (unpaired) electrons. The van der Waals surface area contributed by atoms with Crippen molar-refractivity contribution in [3.63, 3.8) is 0 Å². The number of methoxy groups -OCH3 is 1. The number of halogens is 1. The number of hydrogen-bond donors (Lipinski definition) is 0. The fourth-order valence-corrected chi connectivity index (χ4v) is 7.78. The quantitative estimate of drug-likeness (QED) is 0.726. The van der Waals surface area contributed by atoms with Gasteiger partial charge >= 0.3 is 0 Å². The van der Waals surface area contributed by atoms with Crippen molar-refractivity contribution in [1.82, 2.24) is 0 Å². The minimum atomic E-state index is -3.12. The number of anilines is 1. The Labute approximate surface area is 167 Å². The van der Waals surface area contributed by atoms with Crippen molar-refractivity contribution in [3.8, 4) is 5.75 Å². The van der Waals surface area contributed by atoms with E-state index in [-0.39, 0.29) is 28.7 Å². The first kappa shape index (κ1) is 19.0. The Balaban J connectivity index is 1.70. The Morgan fingerprint density at radius 3 is 2.89 bits per heavy atom. The van der Waals surface area contributed by atoms with Crippen LogP contribution in [0.2, 0.25) is 5.02 Å². The highest BCUT2D eigenvalue weighted by molar-refractivity contribution is 8.16. The van der Waals surface area contributed by atoms with Gasteiger partial charge < -0.3 is 14.4 Å². The third-order valence-electron chi connectivity index (χ3n) is 4.89. The van der Waals surface area contributed by atoms with E-state index in [1.807, 2.05) is 4.90 Å². The van der Waals surface area contributed by atoms with Crippen molar-refractivity contribution < 1.29 is 22.7 Å². The topological polar surface area (TPSA) is 85.3 Å². The maximum Gasteiger partial charge on any atom is 0.277 e. The number of carbonyl (C=O) groups excluding carboxylic acids is 1. The van der Waals surface area contributed by atoms with Crippen LogP contribution in [0.4, 0.5) is 5.69 Å². The molecule has 3 fully saturated rings. The molecule has 3 saturated heterocycles. The number of amidine groups is 1. The molecular weight excluding hydrogens is 412 g/mol. The summed E-state index contributed by atoms with van der Waals surface area (Å²) in [6.07, 6.45) is 0.995. The van der Waals surface area contributed by atoms with Gasteiger partial charge in [-0.3, -0.25) is 4.79 Å². The van der Waals surface area contributed by atoms with E-state index in [0.717, 1.165) is 6.42 Å². The van der Waals surface area contributed by atoms with Crippen LogP contribution >= 0.6 is 23.4 Å². The molecule has 1 amide bonds. The zero-order chi connectivity index (χ0) is 19.2. The predicted octanol–water partition coefficient (Wildman–Crippen LogP) is 2.13. The monoisotopic (exact) mass is 430 g/mol. The molecule has 3 aliphatic heterocycles. The molecule has 3 aliphatic rings. The molecule has 3 heterocycles. The number of sulfone groups is 1. The van der Waals surface area contributed by atoms with Gasteiger partial charge in [-0.1, -0.05) is 23.4 Å². The van der Waals surface area contributed by atoms with Gasteiger partial charge in [0.1, 0.15) is 11.9 Å². The fraction of sp³-hybridized carbons (Fsp3) is 0.529. The minimum absolute atomic E-state index is 0.0292. The van der Waals surface area contributed by atoms with Crippen LogP contribution in [0.5, 0.6) is 5.75 Å². The third-order valence-corrected chi connectivity index (χ3v) is 8.40. The highest BCUT2D eigenvalue weighted by Gasteiger charge is 2.49. The number of carbonyl (C=O) groups is 1. The summed E-state index contributed by atoms with van der Waals surface area (Å²) in [4.78, 5) is 18.6. The Morgan fingerprint density at radius 1 is 1.41 bits per heavy atom. The number of aliphatic imine (C=N–C) groups is 1. The number of benzene rings is 1. The molecule has 1 aromatic rings. The van der Waals surface area contributed by atoms with E-state index in [9.17, 15) is 13.2 Å². The zero-order valence-electron chi connectivity index (χ0n) is 14.6. The Morgan fingerprint density at radius 2 is 2.22 bits per heavy atom. The van der Waals surface area contributed by atoms with Crippen LogP contribution in [-0.2, 0) is 19.4 Å². The maximum atomic E-state index is 12.5. The van der Waals surface area contributed by atoms with Crippen molar-refractivity contribution in [2.24, 2.45) is 4.99 Å². The molecule has 0 saturated carbocycles. The van der Waals surface area contributed by atoms with E-state index in [2.05, 4.69) is 4.99 Å². The highest BCUT2D eigenvalue weighted by Crippen LogP contribution is 2.42. The summed E-state index contributed by atoms with van der Waals surface area (Å²) in [5.41, 5.74) is 0.691. The molecule has 3 atom stereocenters. The summed E-state index contributed by atoms with van der Waals surface area (Å²) < 4.78 is 34.8. The maximum absolute atomic E-state index is 12.5. The van der Waals surface area contributed by atoms with Crippen LogP contribution in [0.25, 0.3) is 0 Å². The van der Waals surface area contributed by atoms with Gasteiger partial charge in [0, 0.05) is 17.5 Å². The summed E-state index contributed by atoms with van der Waals surface area (Å²) in [6, 6.07) is 4.95. The summed E-state index contributed by atoms with van der Waals surface area (Å²) in [5.74, 6) is 0.316. The number of rotatable bonds is 3. The van der Waals surface area contributed by atoms with E-state index in [1.165, 1.54) is 18.9 Å². The number of ether oxygens (including phenoxy) is 2. The predicted molar refractivity (Wildman–Crippen MR) is 106 cm³/mol. The Bertz CT molecular complexity index is 899. The zero-order valence-corrected chi connectivity index (χ0v) is 17.0. The van der Waals surface area contributed by atoms with Crippen LogP contribution in [0, 0.1) is 0 Å². The standard InChI is InChI=1S/C17H19ClN2O5S2/c1-24-13-5-4-10(7-11(13)18)20-12-8-27(22,23)9-15(12)26-17(20)19-16(21)14-3-2-6-25-14/h4-5,7,12,14-15H,2-3,6,8-9H2,1H3/t12-,14+,15-/m0/s1. The summed E-state index contributed by atoms with van der Waals surface area (Å²) in [5, 5.41) is 0.752. The van der Waals surface area contributed by atoms with Crippen LogP contribution in [-0.4, -0.2) is 62.1 Å². The molecule has 0 spiro atoms. The van der Waals surface area contributed by atoms with Gasteiger partial charge in [0.2, 0.25) is 0 Å². The first-order chi connectivity index (χ1) is 12.9. The number of fused-ring (bicyclic) bond motifs is 1. The molecule has 0 bridgehead atoms. The van der Waals surface area contributed by atoms with Gasteiger partial charge in [0.05, 0.1) is 29.7 Å². The highest BCUT2D eigenvalue weighted by atomic mass is 35.5. The first-order valence-corrected chi connectivity index (χ1v) is 11.7. The molecule has 0 aromatic heterocycles. The Hall–Kier alpha value is -1.29. The smallest absolute Gasteiger partial charge is 0.277 e. The number of hydrogen-bond acceptors (Lipinski definition) is 6. The molecule has 27 heavy (non-hydrogen) atoms. The van der Waals surface area contributed by atoms with Gasteiger partial charge in [-0.15, -0.1) is 0 Å². The normalized spacial score (nSPS) is 30.7. The van der Waals surface area contributed by atoms with Gasteiger partial charge in [0.15, 0.2) is 15.0 Å². The van der Waals surface area contributed by atoms with E-state index in [0.29, 0.717) is 34.7 Å². The van der Waals surface area contributed by atoms with E-state index in [4.69, 9.17) is 21.1 Å². The lowest BCUT2D eigenvalue weighted by Crippen LogP contribution is -2.38. The van der Waals surface area contributed by atoms with Gasteiger partial charge in [0.25, 0.3) is 5.91 Å². The summed E-state index contributed by atoms with van der Waals surface area (Å²) >= 11 is 7.60. The lowest BCUT2D eigenvalue weighted by Gasteiger charge is -2.25. The minimum Gasteiger partial charge on any atom is -0.495 e. The molecule has 4 rings (SSSR count). The number of amides is 1. The summed E-state index contributed by atoms with van der Waals surface area (Å²) in [6.45, 7) is 0.565. The van der Waals surface area contributed by atoms with Crippen molar-refractivity contribution in [2.45, 2.75) is 30.2 Å². The average Bonchev–Trinajstić information content (AvgIpc) is 3.29. The molecule has 7 nitrogen and oxygen atoms in total. The first-order valence-electron chi connectivity index (χ1n) is 8.62. The van der Waals surface area contributed by atoms with Crippen molar-refractivity contribution >= 4 is 50.0 Å². The molecular formula is C17H19ClN2O5S2. The number of thioether (sulfide) groups is 1. The third kappa shape index (κ3) is 3.70. The van der Waals surface area contributed by atoms with Crippen molar-refractivity contribution in [2.75, 3.05) is 30.1 Å². The molecule has 0 unspecified atom stereocenters. The van der Waals surface area contributed by atoms with Gasteiger partial charge in [-0.25, -0.2) is 8.42 Å². The second kappa shape index (κ2) is 7.27. The SMILES string of the molecule is COc1ccc(N2C(=NC(=O)[C@H]3CCCO3)S[C@H]3CS(=O)(=O)C[C@@H]32)cc1Cl. The molecule has 1 aromatic carbocycles. The second-order valence-corrected chi connectivity index (χ2v) is 10.5. The Kier molecular flexibility index (Phi) is 5.13.